The number of amides is 1. The minimum Gasteiger partial charge on any atom is -0.494 e. The maximum absolute atomic E-state index is 12.0. The molecule has 1 amide bonds. The van der Waals surface area contributed by atoms with Crippen LogP contribution in [0.25, 0.3) is 0 Å². The van der Waals surface area contributed by atoms with Crippen molar-refractivity contribution in [1.29, 1.82) is 0 Å². The van der Waals surface area contributed by atoms with Crippen molar-refractivity contribution in [1.82, 2.24) is 0 Å². The van der Waals surface area contributed by atoms with Crippen molar-refractivity contribution in [2.45, 2.75) is 12.8 Å². The van der Waals surface area contributed by atoms with Crippen molar-refractivity contribution in [2.75, 3.05) is 18.5 Å². The Bertz CT molecular complexity index is 865. The molecule has 0 aliphatic rings. The number of halogens is 1. The quantitative estimate of drug-likeness (QED) is 0.495. The Morgan fingerprint density at radius 3 is 2.18 bits per heavy atom. The number of carbonyl (C=O) groups excluding carboxylic acids is 1. The van der Waals surface area contributed by atoms with E-state index in [-0.39, 0.29) is 12.5 Å². The van der Waals surface area contributed by atoms with E-state index < -0.39 is 0 Å². The summed E-state index contributed by atoms with van der Waals surface area (Å²) < 4.78 is 11.2. The van der Waals surface area contributed by atoms with E-state index in [0.717, 1.165) is 18.6 Å². The molecule has 144 valence electrons. The van der Waals surface area contributed by atoms with Crippen LogP contribution in [0.15, 0.2) is 78.9 Å². The van der Waals surface area contributed by atoms with Crippen molar-refractivity contribution in [2.24, 2.45) is 0 Å². The molecule has 5 heteroatoms. The van der Waals surface area contributed by atoms with Gasteiger partial charge in [-0.2, -0.15) is 0 Å². The van der Waals surface area contributed by atoms with Crippen LogP contribution < -0.4 is 14.8 Å². The lowest BCUT2D eigenvalue weighted by Gasteiger charge is -2.09. The molecule has 0 aliphatic heterocycles. The van der Waals surface area contributed by atoms with Gasteiger partial charge in [0.15, 0.2) is 6.61 Å². The highest BCUT2D eigenvalue weighted by Crippen LogP contribution is 2.17. The molecule has 0 atom stereocenters. The van der Waals surface area contributed by atoms with Crippen molar-refractivity contribution >= 4 is 23.2 Å². The van der Waals surface area contributed by atoms with Crippen LogP contribution in [0.5, 0.6) is 11.5 Å². The highest BCUT2D eigenvalue weighted by molar-refractivity contribution is 6.30. The van der Waals surface area contributed by atoms with Crippen molar-refractivity contribution < 1.29 is 14.3 Å². The normalized spacial score (nSPS) is 10.3. The van der Waals surface area contributed by atoms with Gasteiger partial charge in [0.1, 0.15) is 11.5 Å². The molecule has 0 radical (unpaired) electrons. The summed E-state index contributed by atoms with van der Waals surface area (Å²) in [4.78, 5) is 12.0. The van der Waals surface area contributed by atoms with E-state index in [9.17, 15) is 4.79 Å². The summed E-state index contributed by atoms with van der Waals surface area (Å²) >= 11 is 5.82. The summed E-state index contributed by atoms with van der Waals surface area (Å²) in [5.41, 5.74) is 2.01. The monoisotopic (exact) mass is 395 g/mol. The number of aryl methyl sites for hydroxylation is 1. The first-order chi connectivity index (χ1) is 13.7. The summed E-state index contributed by atoms with van der Waals surface area (Å²) in [5, 5.41) is 3.42. The van der Waals surface area contributed by atoms with Crippen LogP contribution in [-0.4, -0.2) is 19.1 Å². The third kappa shape index (κ3) is 6.63. The number of hydrogen-bond donors (Lipinski definition) is 1. The lowest BCUT2D eigenvalue weighted by atomic mass is 10.1. The SMILES string of the molecule is O=C(COc1ccc(Cl)cc1)Nc1ccc(OCCCc2ccccc2)cc1. The zero-order valence-corrected chi connectivity index (χ0v) is 16.2. The Kier molecular flexibility index (Phi) is 7.33. The first-order valence-corrected chi connectivity index (χ1v) is 9.52. The Morgan fingerprint density at radius 1 is 0.821 bits per heavy atom. The fourth-order valence-corrected chi connectivity index (χ4v) is 2.75. The van der Waals surface area contributed by atoms with E-state index in [0.29, 0.717) is 23.1 Å². The van der Waals surface area contributed by atoms with Crippen LogP contribution in [0, 0.1) is 0 Å². The smallest absolute Gasteiger partial charge is 0.262 e. The number of benzene rings is 3. The average Bonchev–Trinajstić information content (AvgIpc) is 2.73. The van der Waals surface area contributed by atoms with Crippen LogP contribution >= 0.6 is 11.6 Å². The molecule has 0 bridgehead atoms. The van der Waals surface area contributed by atoms with Gasteiger partial charge in [0.25, 0.3) is 5.91 Å². The van der Waals surface area contributed by atoms with E-state index in [1.807, 2.05) is 42.5 Å². The second-order valence-corrected chi connectivity index (χ2v) is 6.69. The highest BCUT2D eigenvalue weighted by atomic mass is 35.5. The lowest BCUT2D eigenvalue weighted by Crippen LogP contribution is -2.20. The van der Waals surface area contributed by atoms with Gasteiger partial charge < -0.3 is 14.8 Å². The van der Waals surface area contributed by atoms with Gasteiger partial charge in [-0.3, -0.25) is 4.79 Å². The van der Waals surface area contributed by atoms with E-state index in [1.54, 1.807) is 24.3 Å². The van der Waals surface area contributed by atoms with Crippen molar-refractivity contribution in [3.05, 3.63) is 89.4 Å². The molecule has 3 aromatic carbocycles. The zero-order valence-electron chi connectivity index (χ0n) is 15.4. The van der Waals surface area contributed by atoms with E-state index >= 15 is 0 Å². The van der Waals surface area contributed by atoms with Gasteiger partial charge >= 0.3 is 0 Å². The predicted octanol–water partition coefficient (Wildman–Crippen LogP) is 5.37. The molecule has 28 heavy (non-hydrogen) atoms. The van der Waals surface area contributed by atoms with Gasteiger partial charge in [0.2, 0.25) is 0 Å². The van der Waals surface area contributed by atoms with Gasteiger partial charge in [0, 0.05) is 10.7 Å². The molecular formula is C23H22ClNO3. The standard InChI is InChI=1S/C23H22ClNO3/c24-19-8-12-22(13-9-19)28-17-23(26)25-20-10-14-21(15-11-20)27-16-4-7-18-5-2-1-3-6-18/h1-3,5-6,8-15H,4,7,16-17H2,(H,25,26). The molecule has 0 fully saturated rings. The van der Waals surface area contributed by atoms with Crippen LogP contribution in [0.4, 0.5) is 5.69 Å². The van der Waals surface area contributed by atoms with E-state index in [4.69, 9.17) is 21.1 Å². The summed E-state index contributed by atoms with van der Waals surface area (Å²) in [7, 11) is 0. The molecule has 3 rings (SSSR count). The molecule has 3 aromatic rings. The fraction of sp³-hybridized carbons (Fsp3) is 0.174. The third-order valence-electron chi connectivity index (χ3n) is 4.04. The third-order valence-corrected chi connectivity index (χ3v) is 4.29. The van der Waals surface area contributed by atoms with Crippen LogP contribution in [0.1, 0.15) is 12.0 Å². The maximum atomic E-state index is 12.0. The predicted molar refractivity (Wildman–Crippen MR) is 112 cm³/mol. The Balaban J connectivity index is 1.37. The minimum absolute atomic E-state index is 0.0701. The molecule has 0 saturated carbocycles. The van der Waals surface area contributed by atoms with E-state index in [2.05, 4.69) is 17.4 Å². The molecule has 0 heterocycles. The Labute approximate surface area is 170 Å². The first-order valence-electron chi connectivity index (χ1n) is 9.14. The molecule has 0 saturated heterocycles. The number of rotatable bonds is 9. The lowest BCUT2D eigenvalue weighted by molar-refractivity contribution is -0.118. The zero-order chi connectivity index (χ0) is 19.6. The van der Waals surface area contributed by atoms with Gasteiger partial charge in [0.05, 0.1) is 6.61 Å². The van der Waals surface area contributed by atoms with Gasteiger partial charge in [-0.1, -0.05) is 41.9 Å². The Hall–Kier alpha value is -2.98. The second-order valence-electron chi connectivity index (χ2n) is 6.25. The van der Waals surface area contributed by atoms with Crippen LogP contribution in [-0.2, 0) is 11.2 Å². The Morgan fingerprint density at radius 2 is 1.46 bits per heavy atom. The summed E-state index contributed by atoms with van der Waals surface area (Å²) in [6.45, 7) is 0.578. The topological polar surface area (TPSA) is 47.6 Å². The molecule has 4 nitrogen and oxygen atoms in total. The van der Waals surface area contributed by atoms with Gasteiger partial charge in [-0.25, -0.2) is 0 Å². The minimum atomic E-state index is -0.230. The molecular weight excluding hydrogens is 374 g/mol. The number of carbonyl (C=O) groups is 1. The van der Waals surface area contributed by atoms with Crippen LogP contribution in [0.2, 0.25) is 5.02 Å². The van der Waals surface area contributed by atoms with Gasteiger partial charge in [-0.05, 0) is 66.9 Å². The number of anilines is 1. The summed E-state index contributed by atoms with van der Waals surface area (Å²) in [5.74, 6) is 1.15. The largest absolute Gasteiger partial charge is 0.494 e. The summed E-state index contributed by atoms with van der Waals surface area (Å²) in [6.07, 6.45) is 1.94. The van der Waals surface area contributed by atoms with E-state index in [1.165, 1.54) is 5.56 Å². The van der Waals surface area contributed by atoms with Crippen molar-refractivity contribution in [3.63, 3.8) is 0 Å². The maximum Gasteiger partial charge on any atom is 0.262 e. The number of ether oxygens (including phenoxy) is 2. The van der Waals surface area contributed by atoms with Crippen LogP contribution in [0.3, 0.4) is 0 Å². The second kappa shape index (κ2) is 10.4. The molecule has 0 aromatic heterocycles. The molecule has 0 unspecified atom stereocenters. The first kappa shape index (κ1) is 19.8. The summed E-state index contributed by atoms with van der Waals surface area (Å²) in [6, 6.07) is 24.5. The number of nitrogens with one attached hydrogen (secondary N) is 1. The molecule has 0 spiro atoms. The number of hydrogen-bond acceptors (Lipinski definition) is 3. The fourth-order valence-electron chi connectivity index (χ4n) is 2.62. The highest BCUT2D eigenvalue weighted by Gasteiger charge is 2.04. The molecule has 0 aliphatic carbocycles. The average molecular weight is 396 g/mol. The van der Waals surface area contributed by atoms with Gasteiger partial charge in [-0.15, -0.1) is 0 Å². The molecule has 1 N–H and O–H groups in total. The van der Waals surface area contributed by atoms with Crippen molar-refractivity contribution in [3.8, 4) is 11.5 Å².